The molecule has 1 N–H and O–H groups in total. The Labute approximate surface area is 74.2 Å². The molecule has 0 spiro atoms. The summed E-state index contributed by atoms with van der Waals surface area (Å²) < 4.78 is 5.59. The molecule has 0 aromatic carbocycles. The molecule has 0 amide bonds. The van der Waals surface area contributed by atoms with Gasteiger partial charge in [-0.25, -0.2) is 0 Å². The van der Waals surface area contributed by atoms with Crippen LogP contribution in [0.3, 0.4) is 0 Å². The highest BCUT2D eigenvalue weighted by atomic mass is 16.5. The zero-order valence-electron chi connectivity index (χ0n) is 7.97. The van der Waals surface area contributed by atoms with E-state index in [1.165, 1.54) is 0 Å². The summed E-state index contributed by atoms with van der Waals surface area (Å²) in [5.74, 6) is 0. The Morgan fingerprint density at radius 3 is 2.58 bits per heavy atom. The average molecular weight is 170 g/mol. The SMILES string of the molecule is C=CCC1(CO)COC(C)(C)C1. The van der Waals surface area contributed by atoms with E-state index in [2.05, 4.69) is 20.4 Å². The van der Waals surface area contributed by atoms with Crippen LogP contribution in [0, 0.1) is 5.41 Å². The fourth-order valence-electron chi connectivity index (χ4n) is 1.96. The molecule has 1 aliphatic rings. The highest BCUT2D eigenvalue weighted by Gasteiger charge is 2.42. The molecule has 0 aromatic heterocycles. The molecule has 1 unspecified atom stereocenters. The summed E-state index contributed by atoms with van der Waals surface area (Å²) in [5, 5.41) is 9.25. The lowest BCUT2D eigenvalue weighted by Crippen LogP contribution is -2.26. The lowest BCUT2D eigenvalue weighted by Gasteiger charge is -2.24. The topological polar surface area (TPSA) is 29.5 Å². The van der Waals surface area contributed by atoms with Gasteiger partial charge in [0.1, 0.15) is 0 Å². The second kappa shape index (κ2) is 3.19. The molecule has 0 saturated carbocycles. The fourth-order valence-corrected chi connectivity index (χ4v) is 1.96. The first-order valence-corrected chi connectivity index (χ1v) is 4.39. The standard InChI is InChI=1S/C10H18O2/c1-4-5-10(7-11)6-9(2,3)12-8-10/h4,11H,1,5-8H2,2-3H3. The van der Waals surface area contributed by atoms with Crippen LogP contribution in [0.15, 0.2) is 12.7 Å². The highest BCUT2D eigenvalue weighted by molar-refractivity contribution is 4.95. The predicted molar refractivity (Wildman–Crippen MR) is 49.0 cm³/mol. The minimum absolute atomic E-state index is 0.0642. The van der Waals surface area contributed by atoms with E-state index in [4.69, 9.17) is 4.74 Å². The Balaban J connectivity index is 2.65. The molecule has 1 fully saturated rings. The minimum atomic E-state index is -0.0776. The maximum Gasteiger partial charge on any atom is 0.0633 e. The third-order valence-corrected chi connectivity index (χ3v) is 2.48. The van der Waals surface area contributed by atoms with Gasteiger partial charge in [-0.1, -0.05) is 6.08 Å². The van der Waals surface area contributed by atoms with Crippen molar-refractivity contribution in [3.8, 4) is 0 Å². The van der Waals surface area contributed by atoms with E-state index in [1.807, 2.05) is 6.08 Å². The van der Waals surface area contributed by atoms with Gasteiger partial charge in [0, 0.05) is 5.41 Å². The van der Waals surface area contributed by atoms with Crippen LogP contribution in [0.1, 0.15) is 26.7 Å². The van der Waals surface area contributed by atoms with Crippen LogP contribution in [-0.4, -0.2) is 23.9 Å². The van der Waals surface area contributed by atoms with Crippen molar-refractivity contribution in [3.05, 3.63) is 12.7 Å². The lowest BCUT2D eigenvalue weighted by molar-refractivity contribution is 0.0265. The monoisotopic (exact) mass is 170 g/mol. The van der Waals surface area contributed by atoms with Crippen molar-refractivity contribution >= 4 is 0 Å². The molecule has 1 atom stereocenters. The fraction of sp³-hybridized carbons (Fsp3) is 0.800. The van der Waals surface area contributed by atoms with Gasteiger partial charge in [-0.05, 0) is 26.7 Å². The van der Waals surface area contributed by atoms with Gasteiger partial charge >= 0.3 is 0 Å². The second-order valence-corrected chi connectivity index (χ2v) is 4.38. The van der Waals surface area contributed by atoms with Gasteiger partial charge in [-0.15, -0.1) is 6.58 Å². The van der Waals surface area contributed by atoms with E-state index < -0.39 is 0 Å². The summed E-state index contributed by atoms with van der Waals surface area (Å²) >= 11 is 0. The van der Waals surface area contributed by atoms with Gasteiger partial charge in [0.05, 0.1) is 18.8 Å². The normalized spacial score (nSPS) is 33.6. The van der Waals surface area contributed by atoms with E-state index in [9.17, 15) is 5.11 Å². The number of hydrogen-bond acceptors (Lipinski definition) is 2. The van der Waals surface area contributed by atoms with E-state index in [1.54, 1.807) is 0 Å². The average Bonchev–Trinajstić information content (AvgIpc) is 2.29. The Hall–Kier alpha value is -0.340. The summed E-state index contributed by atoms with van der Waals surface area (Å²) in [5.41, 5.74) is -0.142. The van der Waals surface area contributed by atoms with Crippen molar-refractivity contribution in [3.63, 3.8) is 0 Å². The van der Waals surface area contributed by atoms with Crippen LogP contribution in [0.2, 0.25) is 0 Å². The Kier molecular flexibility index (Phi) is 2.59. The van der Waals surface area contributed by atoms with Gasteiger partial charge in [0.15, 0.2) is 0 Å². The van der Waals surface area contributed by atoms with Crippen molar-refractivity contribution in [2.45, 2.75) is 32.3 Å². The van der Waals surface area contributed by atoms with E-state index in [0.29, 0.717) is 6.61 Å². The Morgan fingerprint density at radius 1 is 1.58 bits per heavy atom. The van der Waals surface area contributed by atoms with Crippen molar-refractivity contribution in [2.24, 2.45) is 5.41 Å². The summed E-state index contributed by atoms with van der Waals surface area (Å²) in [6.07, 6.45) is 3.62. The van der Waals surface area contributed by atoms with Crippen LogP contribution < -0.4 is 0 Å². The molecule has 0 aliphatic carbocycles. The highest BCUT2D eigenvalue weighted by Crippen LogP contribution is 2.41. The minimum Gasteiger partial charge on any atom is -0.396 e. The van der Waals surface area contributed by atoms with Crippen LogP contribution in [-0.2, 0) is 4.74 Å². The number of rotatable bonds is 3. The van der Waals surface area contributed by atoms with E-state index in [-0.39, 0.29) is 17.6 Å². The summed E-state index contributed by atoms with van der Waals surface area (Å²) in [6.45, 7) is 8.68. The maximum atomic E-state index is 9.25. The van der Waals surface area contributed by atoms with E-state index >= 15 is 0 Å². The molecule has 1 heterocycles. The number of hydrogen-bond donors (Lipinski definition) is 1. The van der Waals surface area contributed by atoms with Crippen LogP contribution in [0.5, 0.6) is 0 Å². The third-order valence-electron chi connectivity index (χ3n) is 2.48. The zero-order chi connectivity index (χ0) is 9.24. The maximum absolute atomic E-state index is 9.25. The van der Waals surface area contributed by atoms with Crippen molar-refractivity contribution in [1.82, 2.24) is 0 Å². The molecule has 1 rings (SSSR count). The lowest BCUT2D eigenvalue weighted by atomic mass is 9.80. The molecule has 70 valence electrons. The third kappa shape index (κ3) is 1.87. The summed E-state index contributed by atoms with van der Waals surface area (Å²) in [6, 6.07) is 0. The molecule has 0 bridgehead atoms. The molecule has 0 radical (unpaired) electrons. The second-order valence-electron chi connectivity index (χ2n) is 4.38. The first-order valence-electron chi connectivity index (χ1n) is 4.39. The molecular weight excluding hydrogens is 152 g/mol. The predicted octanol–water partition coefficient (Wildman–Crippen LogP) is 1.74. The van der Waals surface area contributed by atoms with Gasteiger partial charge in [0.25, 0.3) is 0 Å². The Morgan fingerprint density at radius 2 is 2.25 bits per heavy atom. The molecular formula is C10H18O2. The first-order chi connectivity index (χ1) is 5.54. The van der Waals surface area contributed by atoms with E-state index in [0.717, 1.165) is 12.8 Å². The number of aliphatic hydroxyl groups excluding tert-OH is 1. The number of allylic oxidation sites excluding steroid dienone is 1. The summed E-state index contributed by atoms with van der Waals surface area (Å²) in [7, 11) is 0. The van der Waals surface area contributed by atoms with Crippen LogP contribution >= 0.6 is 0 Å². The molecule has 1 saturated heterocycles. The van der Waals surface area contributed by atoms with Crippen molar-refractivity contribution in [1.29, 1.82) is 0 Å². The number of ether oxygens (including phenoxy) is 1. The quantitative estimate of drug-likeness (QED) is 0.654. The first kappa shape index (κ1) is 9.75. The smallest absolute Gasteiger partial charge is 0.0633 e. The zero-order valence-corrected chi connectivity index (χ0v) is 7.97. The molecule has 2 nitrogen and oxygen atoms in total. The molecule has 0 aromatic rings. The molecule has 2 heteroatoms. The van der Waals surface area contributed by atoms with Crippen LogP contribution in [0.4, 0.5) is 0 Å². The molecule has 12 heavy (non-hydrogen) atoms. The molecule has 1 aliphatic heterocycles. The largest absolute Gasteiger partial charge is 0.396 e. The Bertz CT molecular complexity index is 175. The van der Waals surface area contributed by atoms with Crippen molar-refractivity contribution < 1.29 is 9.84 Å². The van der Waals surface area contributed by atoms with Crippen LogP contribution in [0.25, 0.3) is 0 Å². The number of aliphatic hydroxyl groups is 1. The summed E-state index contributed by atoms with van der Waals surface area (Å²) in [4.78, 5) is 0. The van der Waals surface area contributed by atoms with Gasteiger partial charge in [0.2, 0.25) is 0 Å². The van der Waals surface area contributed by atoms with Gasteiger partial charge in [-0.3, -0.25) is 0 Å². The van der Waals surface area contributed by atoms with Crippen molar-refractivity contribution in [2.75, 3.05) is 13.2 Å². The van der Waals surface area contributed by atoms with Gasteiger partial charge < -0.3 is 9.84 Å². The van der Waals surface area contributed by atoms with Gasteiger partial charge in [-0.2, -0.15) is 0 Å².